The average molecular weight is 338 g/mol. The first kappa shape index (κ1) is 17.3. The minimum atomic E-state index is -0.962. The zero-order chi connectivity index (χ0) is 17.2. The van der Waals surface area contributed by atoms with E-state index in [1.165, 1.54) is 0 Å². The number of urea groups is 1. The molecule has 0 spiro atoms. The van der Waals surface area contributed by atoms with Gasteiger partial charge in [-0.2, -0.15) is 0 Å². The summed E-state index contributed by atoms with van der Waals surface area (Å²) >= 11 is 5.97. The van der Waals surface area contributed by atoms with Gasteiger partial charge in [-0.05, 0) is 31.4 Å². The second kappa shape index (κ2) is 6.58. The molecule has 0 unspecified atom stereocenters. The molecule has 1 aromatic carbocycles. The molecule has 124 valence electrons. The first-order valence-electron chi connectivity index (χ1n) is 7.41. The number of hydrogen-bond acceptors (Lipinski definition) is 3. The van der Waals surface area contributed by atoms with Gasteiger partial charge in [-0.3, -0.25) is 14.5 Å². The van der Waals surface area contributed by atoms with Crippen molar-refractivity contribution >= 4 is 35.1 Å². The molecule has 0 bridgehead atoms. The molecular weight excluding hydrogens is 318 g/mol. The van der Waals surface area contributed by atoms with E-state index < -0.39 is 17.5 Å². The Labute approximate surface area is 140 Å². The maximum Gasteiger partial charge on any atom is 0.325 e. The number of halogens is 1. The second-order valence-corrected chi connectivity index (χ2v) is 6.69. The van der Waals surface area contributed by atoms with Gasteiger partial charge in [0.1, 0.15) is 12.1 Å². The van der Waals surface area contributed by atoms with Gasteiger partial charge in [0.15, 0.2) is 0 Å². The van der Waals surface area contributed by atoms with E-state index >= 15 is 0 Å². The van der Waals surface area contributed by atoms with Crippen molar-refractivity contribution in [2.75, 3.05) is 11.9 Å². The second-order valence-electron chi connectivity index (χ2n) is 6.28. The van der Waals surface area contributed by atoms with Crippen molar-refractivity contribution in [3.8, 4) is 0 Å². The molecule has 4 amide bonds. The molecule has 23 heavy (non-hydrogen) atoms. The Morgan fingerprint density at radius 2 is 2.00 bits per heavy atom. The average Bonchev–Trinajstić information content (AvgIpc) is 2.64. The number of amides is 4. The minimum absolute atomic E-state index is 0.237. The third-order valence-electron chi connectivity index (χ3n) is 3.61. The Morgan fingerprint density at radius 3 is 2.61 bits per heavy atom. The molecule has 0 aromatic heterocycles. The minimum Gasteiger partial charge on any atom is -0.323 e. The Bertz CT molecular complexity index is 647. The number of rotatable bonds is 5. The number of carbonyl (C=O) groups is 3. The third-order valence-corrected chi connectivity index (χ3v) is 3.94. The molecule has 1 fully saturated rings. The van der Waals surface area contributed by atoms with Crippen molar-refractivity contribution in [3.63, 3.8) is 0 Å². The molecule has 2 rings (SSSR count). The van der Waals surface area contributed by atoms with Gasteiger partial charge in [0.25, 0.3) is 5.91 Å². The van der Waals surface area contributed by atoms with E-state index in [0.717, 1.165) is 4.90 Å². The molecule has 0 aliphatic carbocycles. The first-order chi connectivity index (χ1) is 10.7. The van der Waals surface area contributed by atoms with Crippen molar-refractivity contribution in [2.45, 2.75) is 32.7 Å². The molecule has 1 saturated heterocycles. The summed E-state index contributed by atoms with van der Waals surface area (Å²) in [6.45, 7) is 5.28. The lowest BCUT2D eigenvalue weighted by Crippen LogP contribution is -2.45. The topological polar surface area (TPSA) is 78.5 Å². The normalized spacial score (nSPS) is 20.8. The smallest absolute Gasteiger partial charge is 0.323 e. The highest BCUT2D eigenvalue weighted by Crippen LogP contribution is 2.25. The van der Waals surface area contributed by atoms with E-state index in [9.17, 15) is 14.4 Å². The summed E-state index contributed by atoms with van der Waals surface area (Å²) in [4.78, 5) is 37.5. The lowest BCUT2D eigenvalue weighted by atomic mass is 9.91. The Kier molecular flexibility index (Phi) is 4.94. The summed E-state index contributed by atoms with van der Waals surface area (Å²) in [6, 6.07) is 6.22. The lowest BCUT2D eigenvalue weighted by molar-refractivity contribution is -0.133. The molecule has 1 heterocycles. The standard InChI is InChI=1S/C16H20ClN3O3/c1-10(2)8-16(3)14(22)20(15(23)19-16)9-13(21)18-12-7-5-4-6-11(12)17/h4-7,10H,8-9H2,1-3H3,(H,18,21)(H,19,23)/t16-/m0/s1. The van der Waals surface area contributed by atoms with Crippen molar-refractivity contribution in [1.29, 1.82) is 0 Å². The van der Waals surface area contributed by atoms with Gasteiger partial charge in [0.05, 0.1) is 10.7 Å². The van der Waals surface area contributed by atoms with Crippen molar-refractivity contribution in [3.05, 3.63) is 29.3 Å². The van der Waals surface area contributed by atoms with Gasteiger partial charge in [-0.1, -0.05) is 37.6 Å². The highest BCUT2D eigenvalue weighted by molar-refractivity contribution is 6.33. The number of benzene rings is 1. The summed E-state index contributed by atoms with van der Waals surface area (Å²) < 4.78 is 0. The number of anilines is 1. The van der Waals surface area contributed by atoms with E-state index in [1.807, 2.05) is 13.8 Å². The predicted molar refractivity (Wildman–Crippen MR) is 88.2 cm³/mol. The van der Waals surface area contributed by atoms with Crippen LogP contribution in [0, 0.1) is 5.92 Å². The summed E-state index contributed by atoms with van der Waals surface area (Å²) in [7, 11) is 0. The van der Waals surface area contributed by atoms with Crippen LogP contribution in [0.1, 0.15) is 27.2 Å². The number of imide groups is 1. The van der Waals surface area contributed by atoms with Crippen LogP contribution >= 0.6 is 11.6 Å². The van der Waals surface area contributed by atoms with Crippen LogP contribution in [0.3, 0.4) is 0 Å². The molecule has 2 N–H and O–H groups in total. The van der Waals surface area contributed by atoms with Crippen LogP contribution < -0.4 is 10.6 Å². The monoisotopic (exact) mass is 337 g/mol. The van der Waals surface area contributed by atoms with Crippen LogP contribution in [0.2, 0.25) is 5.02 Å². The van der Waals surface area contributed by atoms with Crippen molar-refractivity contribution < 1.29 is 14.4 Å². The molecular formula is C16H20ClN3O3. The molecule has 1 atom stereocenters. The Hall–Kier alpha value is -2.08. The van der Waals surface area contributed by atoms with E-state index in [-0.39, 0.29) is 18.4 Å². The van der Waals surface area contributed by atoms with E-state index in [0.29, 0.717) is 17.1 Å². The SMILES string of the molecule is CC(C)C[C@]1(C)NC(=O)N(CC(=O)Nc2ccccc2Cl)C1=O. The molecule has 0 radical (unpaired) electrons. The fourth-order valence-corrected chi connectivity index (χ4v) is 2.92. The predicted octanol–water partition coefficient (Wildman–Crippen LogP) is 2.64. The fourth-order valence-electron chi connectivity index (χ4n) is 2.74. The van der Waals surface area contributed by atoms with Gasteiger partial charge in [-0.25, -0.2) is 4.79 Å². The number of hydrogen-bond donors (Lipinski definition) is 2. The maximum atomic E-state index is 12.5. The molecule has 1 aliphatic rings. The number of para-hydroxylation sites is 1. The molecule has 0 saturated carbocycles. The van der Waals surface area contributed by atoms with Gasteiger partial charge in [0.2, 0.25) is 5.91 Å². The van der Waals surface area contributed by atoms with Crippen LogP contribution in [0.15, 0.2) is 24.3 Å². The van der Waals surface area contributed by atoms with Crippen molar-refractivity contribution in [2.24, 2.45) is 5.92 Å². The zero-order valence-corrected chi connectivity index (χ0v) is 14.1. The molecule has 6 nitrogen and oxygen atoms in total. The largest absolute Gasteiger partial charge is 0.325 e. The van der Waals surface area contributed by atoms with Gasteiger partial charge in [0, 0.05) is 0 Å². The first-order valence-corrected chi connectivity index (χ1v) is 7.79. The van der Waals surface area contributed by atoms with Crippen LogP contribution in [0.5, 0.6) is 0 Å². The molecule has 1 aliphatic heterocycles. The van der Waals surface area contributed by atoms with Crippen LogP contribution in [0.25, 0.3) is 0 Å². The third kappa shape index (κ3) is 3.82. The summed E-state index contributed by atoms with van der Waals surface area (Å²) in [6.07, 6.45) is 0.514. The van der Waals surface area contributed by atoms with E-state index in [4.69, 9.17) is 11.6 Å². The number of nitrogens with zero attached hydrogens (tertiary/aromatic N) is 1. The molecule has 7 heteroatoms. The summed E-state index contributed by atoms with van der Waals surface area (Å²) in [5.41, 5.74) is -0.521. The fraction of sp³-hybridized carbons (Fsp3) is 0.438. The maximum absolute atomic E-state index is 12.5. The van der Waals surface area contributed by atoms with Gasteiger partial charge < -0.3 is 10.6 Å². The van der Waals surface area contributed by atoms with Crippen LogP contribution in [-0.4, -0.2) is 34.8 Å². The summed E-state index contributed by atoms with van der Waals surface area (Å²) in [5.74, 6) is -0.623. The van der Waals surface area contributed by atoms with E-state index in [1.54, 1.807) is 31.2 Å². The quantitative estimate of drug-likeness (QED) is 0.811. The Morgan fingerprint density at radius 1 is 1.35 bits per heavy atom. The Balaban J connectivity index is 2.05. The van der Waals surface area contributed by atoms with E-state index in [2.05, 4.69) is 10.6 Å². The van der Waals surface area contributed by atoms with Gasteiger partial charge >= 0.3 is 6.03 Å². The number of nitrogens with one attached hydrogen (secondary N) is 2. The zero-order valence-electron chi connectivity index (χ0n) is 13.4. The molecule has 1 aromatic rings. The summed E-state index contributed by atoms with van der Waals surface area (Å²) in [5, 5.41) is 5.67. The highest BCUT2D eigenvalue weighted by Gasteiger charge is 2.48. The van der Waals surface area contributed by atoms with Gasteiger partial charge in [-0.15, -0.1) is 0 Å². The van der Waals surface area contributed by atoms with Crippen LogP contribution in [-0.2, 0) is 9.59 Å². The number of carbonyl (C=O) groups excluding carboxylic acids is 3. The highest BCUT2D eigenvalue weighted by atomic mass is 35.5. The van der Waals surface area contributed by atoms with Crippen LogP contribution in [0.4, 0.5) is 10.5 Å². The lowest BCUT2D eigenvalue weighted by Gasteiger charge is -2.23. The van der Waals surface area contributed by atoms with Crippen molar-refractivity contribution in [1.82, 2.24) is 10.2 Å².